The lowest BCUT2D eigenvalue weighted by Gasteiger charge is -2.28. The van der Waals surface area contributed by atoms with Gasteiger partial charge in [-0.3, -0.25) is 4.79 Å². The molecule has 0 saturated carbocycles. The van der Waals surface area contributed by atoms with Crippen LogP contribution in [0.5, 0.6) is 17.2 Å². The number of aromatic nitrogens is 1. The molecule has 6 nitrogen and oxygen atoms in total. The van der Waals surface area contributed by atoms with Crippen molar-refractivity contribution in [1.29, 1.82) is 0 Å². The molecule has 1 aliphatic heterocycles. The van der Waals surface area contributed by atoms with Crippen LogP contribution in [-0.4, -0.2) is 50.2 Å². The molecule has 3 rings (SSSR count). The van der Waals surface area contributed by atoms with Gasteiger partial charge < -0.3 is 19.1 Å². The van der Waals surface area contributed by atoms with Crippen molar-refractivity contribution in [3.05, 3.63) is 52.8 Å². The van der Waals surface area contributed by atoms with Gasteiger partial charge in [-0.25, -0.2) is 4.98 Å². The van der Waals surface area contributed by atoms with E-state index in [-0.39, 0.29) is 5.91 Å². The summed E-state index contributed by atoms with van der Waals surface area (Å²) in [4.78, 5) is 18.4. The predicted octanol–water partition coefficient (Wildman–Crippen LogP) is 3.69. The minimum atomic E-state index is -0.0664. The largest absolute Gasteiger partial charge is 0.496 e. The summed E-state index contributed by atoms with van der Waals surface area (Å²) in [6, 6.07) is 6.91. The zero-order valence-corrected chi connectivity index (χ0v) is 16.2. The van der Waals surface area contributed by atoms with Gasteiger partial charge in [0.15, 0.2) is 0 Å². The molecule has 2 heterocycles. The lowest BCUT2D eigenvalue weighted by molar-refractivity contribution is 0.0772. The quantitative estimate of drug-likeness (QED) is 0.731. The van der Waals surface area contributed by atoms with Gasteiger partial charge in [-0.05, 0) is 24.1 Å². The summed E-state index contributed by atoms with van der Waals surface area (Å²) in [5.74, 6) is 1.95. The third kappa shape index (κ3) is 4.01. The van der Waals surface area contributed by atoms with Crippen LogP contribution < -0.4 is 14.2 Å². The van der Waals surface area contributed by atoms with Gasteiger partial charge in [0.05, 0.1) is 26.9 Å². The van der Waals surface area contributed by atoms with E-state index in [2.05, 4.69) is 4.98 Å². The van der Waals surface area contributed by atoms with Crippen LogP contribution in [-0.2, 0) is 0 Å². The van der Waals surface area contributed by atoms with E-state index in [1.807, 2.05) is 18.2 Å². The van der Waals surface area contributed by atoms with Crippen molar-refractivity contribution < 1.29 is 19.0 Å². The van der Waals surface area contributed by atoms with E-state index in [1.165, 1.54) is 6.20 Å². The average Bonchev–Trinajstić information content (AvgIpc) is 2.72. The second kappa shape index (κ2) is 8.31. The monoisotopic (exact) mass is 388 g/mol. The van der Waals surface area contributed by atoms with E-state index >= 15 is 0 Å². The molecule has 2 aromatic rings. The van der Waals surface area contributed by atoms with E-state index in [1.54, 1.807) is 38.4 Å². The summed E-state index contributed by atoms with van der Waals surface area (Å²) in [5.41, 5.74) is 2.49. The van der Waals surface area contributed by atoms with Crippen LogP contribution in [0.4, 0.5) is 0 Å². The second-order valence-corrected chi connectivity index (χ2v) is 6.39. The Morgan fingerprint density at radius 2 is 1.81 bits per heavy atom. The Balaban J connectivity index is 1.86. The van der Waals surface area contributed by atoms with Crippen molar-refractivity contribution in [2.45, 2.75) is 6.42 Å². The molecule has 7 heteroatoms. The van der Waals surface area contributed by atoms with Crippen molar-refractivity contribution >= 4 is 23.1 Å². The molecule has 0 spiro atoms. The van der Waals surface area contributed by atoms with E-state index in [4.69, 9.17) is 25.8 Å². The number of carbonyl (C=O) groups excluding carboxylic acids is 1. The minimum absolute atomic E-state index is 0.0664. The molecule has 0 radical (unpaired) electrons. The summed E-state index contributed by atoms with van der Waals surface area (Å²) in [7, 11) is 4.83. The van der Waals surface area contributed by atoms with Crippen LogP contribution in [0.25, 0.3) is 5.57 Å². The van der Waals surface area contributed by atoms with Crippen LogP contribution in [0.1, 0.15) is 22.3 Å². The van der Waals surface area contributed by atoms with Crippen LogP contribution in [0.2, 0.25) is 5.15 Å². The summed E-state index contributed by atoms with van der Waals surface area (Å²) >= 11 is 5.89. The number of carbonyl (C=O) groups is 1. The molecule has 27 heavy (non-hydrogen) atoms. The molecular weight excluding hydrogens is 368 g/mol. The highest BCUT2D eigenvalue weighted by Crippen LogP contribution is 2.40. The van der Waals surface area contributed by atoms with E-state index < -0.39 is 0 Å². The number of halogens is 1. The number of rotatable bonds is 5. The normalized spacial score (nSPS) is 13.8. The fraction of sp³-hybridized carbons (Fsp3) is 0.300. The lowest BCUT2D eigenvalue weighted by atomic mass is 9.97. The van der Waals surface area contributed by atoms with Crippen molar-refractivity contribution in [1.82, 2.24) is 9.88 Å². The van der Waals surface area contributed by atoms with Crippen LogP contribution in [0.15, 0.2) is 36.5 Å². The SMILES string of the molecule is COc1cc(OC)c(C2=CCN(C(=O)c3ccnc(Cl)c3)CC2)c(OC)c1. The molecule has 142 valence electrons. The molecule has 0 saturated heterocycles. The highest BCUT2D eigenvalue weighted by atomic mass is 35.5. The Kier molecular flexibility index (Phi) is 5.86. The number of amides is 1. The van der Waals surface area contributed by atoms with Crippen LogP contribution >= 0.6 is 11.6 Å². The van der Waals surface area contributed by atoms with Crippen molar-refractivity contribution in [2.75, 3.05) is 34.4 Å². The smallest absolute Gasteiger partial charge is 0.254 e. The van der Waals surface area contributed by atoms with Gasteiger partial charge in [0.2, 0.25) is 0 Å². The van der Waals surface area contributed by atoms with E-state index in [9.17, 15) is 4.79 Å². The molecule has 0 aliphatic carbocycles. The molecule has 1 amide bonds. The Labute approximate surface area is 163 Å². The molecule has 0 bridgehead atoms. The summed E-state index contributed by atoms with van der Waals surface area (Å²) < 4.78 is 16.4. The third-order valence-electron chi connectivity index (χ3n) is 4.51. The zero-order valence-electron chi connectivity index (χ0n) is 15.5. The van der Waals surface area contributed by atoms with Crippen molar-refractivity contribution in [3.63, 3.8) is 0 Å². The van der Waals surface area contributed by atoms with Gasteiger partial charge in [-0.15, -0.1) is 0 Å². The molecule has 1 aromatic heterocycles. The molecule has 1 aliphatic rings. The lowest BCUT2D eigenvalue weighted by Crippen LogP contribution is -2.34. The molecule has 0 N–H and O–H groups in total. The Bertz CT molecular complexity index is 857. The molecule has 0 unspecified atom stereocenters. The number of nitrogens with zero attached hydrogens (tertiary/aromatic N) is 2. The fourth-order valence-corrected chi connectivity index (χ4v) is 3.29. The standard InChI is InChI=1S/C20H21ClN2O4/c1-25-15-11-16(26-2)19(17(12-15)27-3)13-5-8-23(9-6-13)20(24)14-4-7-22-18(21)10-14/h4-5,7,10-12H,6,8-9H2,1-3H3. The molecular formula is C20H21ClN2O4. The van der Waals surface area contributed by atoms with E-state index in [0.717, 1.165) is 11.1 Å². The second-order valence-electron chi connectivity index (χ2n) is 6.00. The van der Waals surface area contributed by atoms with Crippen molar-refractivity contribution in [3.8, 4) is 17.2 Å². The average molecular weight is 389 g/mol. The Morgan fingerprint density at radius 1 is 1.11 bits per heavy atom. The number of benzene rings is 1. The number of pyridine rings is 1. The highest BCUT2D eigenvalue weighted by Gasteiger charge is 2.23. The number of hydrogen-bond acceptors (Lipinski definition) is 5. The maximum atomic E-state index is 12.7. The molecule has 0 atom stereocenters. The van der Waals surface area contributed by atoms with Gasteiger partial charge in [0, 0.05) is 37.0 Å². The predicted molar refractivity (Wildman–Crippen MR) is 104 cm³/mol. The number of methoxy groups -OCH3 is 3. The number of hydrogen-bond donors (Lipinski definition) is 0. The first-order chi connectivity index (χ1) is 13.1. The van der Waals surface area contributed by atoms with Gasteiger partial charge in [0.1, 0.15) is 22.4 Å². The van der Waals surface area contributed by atoms with Gasteiger partial charge in [0.25, 0.3) is 5.91 Å². The Hall–Kier alpha value is -2.73. The summed E-state index contributed by atoms with van der Waals surface area (Å²) in [6.07, 6.45) is 4.24. The maximum absolute atomic E-state index is 12.7. The zero-order chi connectivity index (χ0) is 19.4. The first-order valence-corrected chi connectivity index (χ1v) is 8.85. The van der Waals surface area contributed by atoms with Gasteiger partial charge in [-0.2, -0.15) is 0 Å². The van der Waals surface area contributed by atoms with Crippen molar-refractivity contribution in [2.24, 2.45) is 0 Å². The van der Waals surface area contributed by atoms with Gasteiger partial charge >= 0.3 is 0 Å². The highest BCUT2D eigenvalue weighted by molar-refractivity contribution is 6.29. The Morgan fingerprint density at radius 3 is 2.33 bits per heavy atom. The number of ether oxygens (including phenoxy) is 3. The molecule has 0 fully saturated rings. The summed E-state index contributed by atoms with van der Waals surface area (Å²) in [6.45, 7) is 1.08. The summed E-state index contributed by atoms with van der Waals surface area (Å²) in [5, 5.41) is 0.307. The van der Waals surface area contributed by atoms with E-state index in [0.29, 0.717) is 47.5 Å². The molecule has 1 aromatic carbocycles. The topological polar surface area (TPSA) is 60.9 Å². The fourth-order valence-electron chi connectivity index (χ4n) is 3.12. The first-order valence-electron chi connectivity index (χ1n) is 8.47. The maximum Gasteiger partial charge on any atom is 0.254 e. The van der Waals surface area contributed by atoms with Crippen LogP contribution in [0.3, 0.4) is 0 Å². The van der Waals surface area contributed by atoms with Gasteiger partial charge in [-0.1, -0.05) is 17.7 Å². The third-order valence-corrected chi connectivity index (χ3v) is 4.71. The van der Waals surface area contributed by atoms with Crippen LogP contribution in [0, 0.1) is 0 Å². The minimum Gasteiger partial charge on any atom is -0.496 e. The first kappa shape index (κ1) is 19.0.